The molecule has 0 saturated heterocycles. The van der Waals surface area contributed by atoms with E-state index in [0.29, 0.717) is 13.0 Å². The van der Waals surface area contributed by atoms with Gasteiger partial charge in [0.1, 0.15) is 0 Å². The quantitative estimate of drug-likeness (QED) is 0.802. The minimum atomic E-state index is 0.0614. The molecule has 4 nitrogen and oxygen atoms in total. The highest BCUT2D eigenvalue weighted by molar-refractivity contribution is 5.91. The highest BCUT2D eigenvalue weighted by Gasteiger charge is 2.19. The zero-order valence-electron chi connectivity index (χ0n) is 12.3. The number of nitrogens with zero attached hydrogens (tertiary/aromatic N) is 1. The average molecular weight is 275 g/mol. The summed E-state index contributed by atoms with van der Waals surface area (Å²) in [6.45, 7) is 2.37. The number of hydrogen-bond donors (Lipinski definition) is 2. The fourth-order valence-corrected chi connectivity index (χ4v) is 2.53. The Balaban J connectivity index is 1.74. The smallest absolute Gasteiger partial charge is 0.225 e. The van der Waals surface area contributed by atoms with Gasteiger partial charge in [0.2, 0.25) is 5.91 Å². The van der Waals surface area contributed by atoms with Gasteiger partial charge in [-0.2, -0.15) is 0 Å². The van der Waals surface area contributed by atoms with Crippen LogP contribution in [0.4, 0.5) is 5.69 Å². The fourth-order valence-electron chi connectivity index (χ4n) is 2.53. The average Bonchev–Trinajstić information content (AvgIpc) is 2.41. The molecule has 0 aliphatic heterocycles. The zero-order valence-corrected chi connectivity index (χ0v) is 12.3. The Kier molecular flexibility index (Phi) is 5.56. The molecule has 110 valence electrons. The Hall–Kier alpha value is -1.39. The van der Waals surface area contributed by atoms with Gasteiger partial charge in [-0.25, -0.2) is 0 Å². The van der Waals surface area contributed by atoms with E-state index in [1.165, 1.54) is 19.3 Å². The maximum atomic E-state index is 12.0. The first-order chi connectivity index (χ1) is 9.69. The highest BCUT2D eigenvalue weighted by atomic mass is 16.1. The zero-order chi connectivity index (χ0) is 14.4. The van der Waals surface area contributed by atoms with Gasteiger partial charge < -0.3 is 16.0 Å². The molecular weight excluding hydrogens is 250 g/mol. The summed E-state index contributed by atoms with van der Waals surface area (Å²) < 4.78 is 0. The number of rotatable bonds is 7. The Morgan fingerprint density at radius 2 is 2.15 bits per heavy atom. The maximum absolute atomic E-state index is 12.0. The van der Waals surface area contributed by atoms with E-state index in [2.05, 4.69) is 17.3 Å². The van der Waals surface area contributed by atoms with Crippen LogP contribution in [0.5, 0.6) is 0 Å². The number of hydrogen-bond acceptors (Lipinski definition) is 3. The number of para-hydroxylation sites is 1. The van der Waals surface area contributed by atoms with E-state index in [-0.39, 0.29) is 5.91 Å². The first-order valence-electron chi connectivity index (χ1n) is 7.45. The van der Waals surface area contributed by atoms with Crippen molar-refractivity contribution in [1.29, 1.82) is 0 Å². The molecule has 1 fully saturated rings. The van der Waals surface area contributed by atoms with Crippen LogP contribution in [-0.2, 0) is 11.3 Å². The van der Waals surface area contributed by atoms with Crippen LogP contribution < -0.4 is 11.1 Å². The van der Waals surface area contributed by atoms with Gasteiger partial charge in [-0.3, -0.25) is 4.79 Å². The number of amides is 1. The van der Waals surface area contributed by atoms with Gasteiger partial charge in [-0.1, -0.05) is 24.6 Å². The molecule has 4 heteroatoms. The largest absolute Gasteiger partial charge is 0.326 e. The van der Waals surface area contributed by atoms with Crippen molar-refractivity contribution in [3.8, 4) is 0 Å². The molecule has 1 aliphatic rings. The Morgan fingerprint density at radius 1 is 1.40 bits per heavy atom. The maximum Gasteiger partial charge on any atom is 0.225 e. The molecule has 0 bridgehead atoms. The second-order valence-electron chi connectivity index (χ2n) is 5.72. The summed E-state index contributed by atoms with van der Waals surface area (Å²) in [5.74, 6) is 0.910. The number of nitrogens with one attached hydrogen (secondary N) is 1. The van der Waals surface area contributed by atoms with Gasteiger partial charge in [0.25, 0.3) is 0 Å². The third-order valence-corrected chi connectivity index (χ3v) is 4.03. The lowest BCUT2D eigenvalue weighted by molar-refractivity contribution is -0.116. The number of anilines is 1. The summed E-state index contributed by atoms with van der Waals surface area (Å²) in [5.41, 5.74) is 7.48. The first-order valence-corrected chi connectivity index (χ1v) is 7.45. The van der Waals surface area contributed by atoms with E-state index in [0.717, 1.165) is 30.3 Å². The fraction of sp³-hybridized carbons (Fsp3) is 0.562. The lowest BCUT2D eigenvalue weighted by atomic mass is 9.85. The third kappa shape index (κ3) is 4.32. The van der Waals surface area contributed by atoms with Crippen LogP contribution in [0.1, 0.15) is 31.2 Å². The molecule has 1 aromatic rings. The Morgan fingerprint density at radius 3 is 2.80 bits per heavy atom. The van der Waals surface area contributed by atoms with Gasteiger partial charge in [-0.05, 0) is 37.4 Å². The molecule has 0 spiro atoms. The van der Waals surface area contributed by atoms with Crippen molar-refractivity contribution in [2.45, 2.75) is 32.2 Å². The molecule has 1 saturated carbocycles. The molecule has 1 amide bonds. The number of carbonyl (C=O) groups excluding carboxylic acids is 1. The van der Waals surface area contributed by atoms with E-state index in [1.807, 2.05) is 24.3 Å². The molecule has 3 N–H and O–H groups in total. The van der Waals surface area contributed by atoms with Crippen molar-refractivity contribution < 1.29 is 4.79 Å². The van der Waals surface area contributed by atoms with Crippen LogP contribution in [0.3, 0.4) is 0 Å². The highest BCUT2D eigenvalue weighted by Crippen LogP contribution is 2.26. The minimum absolute atomic E-state index is 0.0614. The molecule has 0 unspecified atom stereocenters. The lowest BCUT2D eigenvalue weighted by Crippen LogP contribution is -2.31. The van der Waals surface area contributed by atoms with Gasteiger partial charge in [0.15, 0.2) is 0 Å². The van der Waals surface area contributed by atoms with Crippen LogP contribution >= 0.6 is 0 Å². The van der Waals surface area contributed by atoms with E-state index in [9.17, 15) is 4.79 Å². The van der Waals surface area contributed by atoms with Crippen LogP contribution in [0.25, 0.3) is 0 Å². The van der Waals surface area contributed by atoms with Crippen molar-refractivity contribution in [3.63, 3.8) is 0 Å². The molecule has 1 aromatic carbocycles. The van der Waals surface area contributed by atoms with Crippen molar-refractivity contribution >= 4 is 11.6 Å². The summed E-state index contributed by atoms with van der Waals surface area (Å²) in [6, 6.07) is 7.69. The summed E-state index contributed by atoms with van der Waals surface area (Å²) in [7, 11) is 2.10. The van der Waals surface area contributed by atoms with E-state index in [4.69, 9.17) is 5.73 Å². The summed E-state index contributed by atoms with van der Waals surface area (Å²) >= 11 is 0. The molecule has 0 atom stereocenters. The molecule has 0 aromatic heterocycles. The monoisotopic (exact) mass is 275 g/mol. The van der Waals surface area contributed by atoms with Gasteiger partial charge in [-0.15, -0.1) is 0 Å². The Labute approximate surface area is 121 Å². The predicted octanol–water partition coefficient (Wildman–Crippen LogP) is 2.21. The van der Waals surface area contributed by atoms with Crippen molar-refractivity contribution in [2.75, 3.05) is 25.5 Å². The van der Waals surface area contributed by atoms with Crippen molar-refractivity contribution in [1.82, 2.24) is 4.90 Å². The molecule has 0 radical (unpaired) electrons. The molecule has 20 heavy (non-hydrogen) atoms. The van der Waals surface area contributed by atoms with Gasteiger partial charge in [0.05, 0.1) is 0 Å². The molecular formula is C16H25N3O. The normalized spacial score (nSPS) is 15.2. The molecule has 1 aliphatic carbocycles. The summed E-state index contributed by atoms with van der Waals surface area (Å²) in [5, 5.41) is 2.95. The topological polar surface area (TPSA) is 58.4 Å². The van der Waals surface area contributed by atoms with E-state index < -0.39 is 0 Å². The van der Waals surface area contributed by atoms with Crippen LogP contribution in [0, 0.1) is 5.92 Å². The Bertz CT molecular complexity index is 443. The van der Waals surface area contributed by atoms with Gasteiger partial charge >= 0.3 is 0 Å². The van der Waals surface area contributed by atoms with E-state index in [1.54, 1.807) is 0 Å². The number of benzene rings is 1. The van der Waals surface area contributed by atoms with Crippen LogP contribution in [-0.4, -0.2) is 30.9 Å². The predicted molar refractivity (Wildman–Crippen MR) is 82.4 cm³/mol. The number of carbonyl (C=O) groups is 1. The summed E-state index contributed by atoms with van der Waals surface area (Å²) in [6.07, 6.45) is 4.60. The van der Waals surface area contributed by atoms with Crippen molar-refractivity contribution in [3.05, 3.63) is 29.8 Å². The SMILES string of the molecule is CN(CCC(=O)Nc1ccccc1CN)CC1CCC1. The van der Waals surface area contributed by atoms with Crippen LogP contribution in [0.15, 0.2) is 24.3 Å². The third-order valence-electron chi connectivity index (χ3n) is 4.03. The first kappa shape index (κ1) is 15.0. The molecule has 2 rings (SSSR count). The van der Waals surface area contributed by atoms with Gasteiger partial charge in [0, 0.05) is 31.7 Å². The van der Waals surface area contributed by atoms with Crippen LogP contribution in [0.2, 0.25) is 0 Å². The van der Waals surface area contributed by atoms with E-state index >= 15 is 0 Å². The summed E-state index contributed by atoms with van der Waals surface area (Å²) in [4.78, 5) is 14.2. The lowest BCUT2D eigenvalue weighted by Gasteiger charge is -2.30. The minimum Gasteiger partial charge on any atom is -0.326 e. The standard InChI is InChI=1S/C16H25N3O/c1-19(12-13-5-4-6-13)10-9-16(20)18-15-8-3-2-7-14(15)11-17/h2-3,7-8,13H,4-6,9-12,17H2,1H3,(H,18,20). The second-order valence-corrected chi connectivity index (χ2v) is 5.72. The second kappa shape index (κ2) is 7.41. The molecule has 0 heterocycles. The number of nitrogens with two attached hydrogens (primary N) is 1. The van der Waals surface area contributed by atoms with Crippen molar-refractivity contribution in [2.24, 2.45) is 11.7 Å².